The molecule has 2 rings (SSSR count). The minimum Gasteiger partial charge on any atom is -0.495 e. The highest BCUT2D eigenvalue weighted by Gasteiger charge is 2.31. The molecular weight excluding hydrogens is 316 g/mol. The molecule has 1 aromatic carbocycles. The summed E-state index contributed by atoms with van der Waals surface area (Å²) in [6.45, 7) is 9.26. The average Bonchev–Trinajstić information content (AvgIpc) is 2.62. The summed E-state index contributed by atoms with van der Waals surface area (Å²) in [5.74, 6) is 0.836. The van der Waals surface area contributed by atoms with Crippen molar-refractivity contribution in [2.45, 2.75) is 26.3 Å². The van der Waals surface area contributed by atoms with E-state index in [0.29, 0.717) is 6.54 Å². The van der Waals surface area contributed by atoms with Gasteiger partial charge in [-0.1, -0.05) is 26.0 Å². The number of hydrogen-bond acceptors (Lipinski definition) is 5. The number of hydrogen-bond donors (Lipinski definition) is 1. The highest BCUT2D eigenvalue weighted by molar-refractivity contribution is 5.79. The summed E-state index contributed by atoms with van der Waals surface area (Å²) in [6.07, 6.45) is 0. The average molecular weight is 344 g/mol. The van der Waals surface area contributed by atoms with E-state index in [1.807, 2.05) is 32.0 Å². The molecule has 0 aliphatic carbocycles. The highest BCUT2D eigenvalue weighted by atomic mass is 16.5. The topological polar surface area (TPSA) is 68.6 Å². The van der Waals surface area contributed by atoms with Crippen LogP contribution in [0.25, 0.3) is 0 Å². The Labute approximate surface area is 150 Å². The molecule has 0 saturated carbocycles. The van der Waals surface area contributed by atoms with E-state index >= 15 is 0 Å². The molecule has 1 atom stereocenters. The van der Waals surface area contributed by atoms with Crippen LogP contribution in [0.3, 0.4) is 0 Å². The van der Waals surface area contributed by atoms with Crippen molar-refractivity contribution >= 4 is 11.6 Å². The van der Waals surface area contributed by atoms with Gasteiger partial charge in [-0.2, -0.15) is 5.26 Å². The van der Waals surface area contributed by atoms with Crippen LogP contribution in [0, 0.1) is 17.2 Å². The Morgan fingerprint density at radius 2 is 1.96 bits per heavy atom. The van der Waals surface area contributed by atoms with Crippen LogP contribution in [0.2, 0.25) is 0 Å². The zero-order valence-electron chi connectivity index (χ0n) is 15.6. The van der Waals surface area contributed by atoms with Crippen LogP contribution in [0.4, 0.5) is 5.69 Å². The molecular formula is C19H28N4O2. The van der Waals surface area contributed by atoms with Crippen LogP contribution in [-0.2, 0) is 4.79 Å². The number of methoxy groups -OCH3 is 1. The molecule has 1 fully saturated rings. The summed E-state index contributed by atoms with van der Waals surface area (Å²) in [6, 6.07) is 10.2. The highest BCUT2D eigenvalue weighted by Crippen LogP contribution is 2.28. The van der Waals surface area contributed by atoms with Crippen molar-refractivity contribution in [3.05, 3.63) is 24.3 Å². The molecule has 6 heteroatoms. The quantitative estimate of drug-likeness (QED) is 0.853. The van der Waals surface area contributed by atoms with E-state index in [2.05, 4.69) is 27.3 Å². The van der Waals surface area contributed by atoms with Crippen molar-refractivity contribution < 1.29 is 9.53 Å². The summed E-state index contributed by atoms with van der Waals surface area (Å²) < 4.78 is 5.43. The van der Waals surface area contributed by atoms with E-state index < -0.39 is 5.54 Å². The summed E-state index contributed by atoms with van der Waals surface area (Å²) >= 11 is 0. The summed E-state index contributed by atoms with van der Waals surface area (Å²) in [5, 5.41) is 12.2. The van der Waals surface area contributed by atoms with Gasteiger partial charge in [-0.05, 0) is 25.0 Å². The molecule has 6 nitrogen and oxygen atoms in total. The second-order valence-electron chi connectivity index (χ2n) is 6.95. The molecule has 0 unspecified atom stereocenters. The fraction of sp³-hybridized carbons (Fsp3) is 0.579. The lowest BCUT2D eigenvalue weighted by atomic mass is 9.90. The van der Waals surface area contributed by atoms with Crippen molar-refractivity contribution in [3.63, 3.8) is 0 Å². The summed E-state index contributed by atoms with van der Waals surface area (Å²) in [7, 11) is 1.68. The van der Waals surface area contributed by atoms with Gasteiger partial charge in [0.05, 0.1) is 25.4 Å². The Morgan fingerprint density at radius 1 is 1.32 bits per heavy atom. The molecule has 0 aromatic heterocycles. The number of nitrogens with zero attached hydrogens (tertiary/aromatic N) is 3. The smallest absolute Gasteiger partial charge is 0.235 e. The number of carbonyl (C=O) groups excluding carboxylic acids is 1. The molecule has 1 aliphatic rings. The first-order valence-corrected chi connectivity index (χ1v) is 8.72. The third-order valence-electron chi connectivity index (χ3n) is 4.95. The molecule has 0 bridgehead atoms. The van der Waals surface area contributed by atoms with Crippen molar-refractivity contribution in [2.24, 2.45) is 5.92 Å². The predicted molar refractivity (Wildman–Crippen MR) is 98.6 cm³/mol. The Bertz CT molecular complexity index is 633. The monoisotopic (exact) mass is 344 g/mol. The zero-order chi connectivity index (χ0) is 18.4. The van der Waals surface area contributed by atoms with E-state index in [1.165, 1.54) is 0 Å². The van der Waals surface area contributed by atoms with Crippen LogP contribution < -0.4 is 15.0 Å². The third-order valence-corrected chi connectivity index (χ3v) is 4.95. The molecule has 1 amide bonds. The standard InChI is InChI=1S/C19H28N4O2/c1-15(2)19(3,14-20)21-18(24)13-22-9-11-23(12-10-22)16-7-5-6-8-17(16)25-4/h5-8,15H,9-13H2,1-4H3,(H,21,24)/t19-/m1/s1. The van der Waals surface area contributed by atoms with Gasteiger partial charge < -0.3 is 15.0 Å². The van der Waals surface area contributed by atoms with Gasteiger partial charge in [0.1, 0.15) is 11.3 Å². The van der Waals surface area contributed by atoms with Gasteiger partial charge in [-0.25, -0.2) is 0 Å². The van der Waals surface area contributed by atoms with Gasteiger partial charge in [0, 0.05) is 26.2 Å². The van der Waals surface area contributed by atoms with Crippen molar-refractivity contribution in [2.75, 3.05) is 44.7 Å². The van der Waals surface area contributed by atoms with E-state index in [1.54, 1.807) is 14.0 Å². The lowest BCUT2D eigenvalue weighted by molar-refractivity contribution is -0.124. The maximum Gasteiger partial charge on any atom is 0.235 e. The van der Waals surface area contributed by atoms with Gasteiger partial charge in [-0.15, -0.1) is 0 Å². The number of nitriles is 1. The SMILES string of the molecule is COc1ccccc1N1CCN(CC(=O)N[C@](C)(C#N)C(C)C)CC1. The number of rotatable bonds is 6. The summed E-state index contributed by atoms with van der Waals surface area (Å²) in [4.78, 5) is 16.7. The molecule has 1 heterocycles. The number of ether oxygens (including phenoxy) is 1. The minimum absolute atomic E-state index is 0.0591. The molecule has 1 aromatic rings. The van der Waals surface area contributed by atoms with E-state index in [9.17, 15) is 10.1 Å². The minimum atomic E-state index is -0.823. The second kappa shape index (κ2) is 8.21. The Morgan fingerprint density at radius 3 is 2.52 bits per heavy atom. The Hall–Kier alpha value is -2.26. The molecule has 0 radical (unpaired) electrons. The van der Waals surface area contributed by atoms with Crippen molar-refractivity contribution in [1.82, 2.24) is 10.2 Å². The lowest BCUT2D eigenvalue weighted by Crippen LogP contribution is -2.54. The molecule has 1 saturated heterocycles. The number of carbonyl (C=O) groups is 1. The Kier molecular flexibility index (Phi) is 6.27. The Balaban J connectivity index is 1.88. The fourth-order valence-corrected chi connectivity index (χ4v) is 2.87. The van der Waals surface area contributed by atoms with Crippen LogP contribution in [0.1, 0.15) is 20.8 Å². The van der Waals surface area contributed by atoms with Crippen LogP contribution >= 0.6 is 0 Å². The normalized spacial score (nSPS) is 17.7. The lowest BCUT2D eigenvalue weighted by Gasteiger charge is -2.37. The van der Waals surface area contributed by atoms with Crippen LogP contribution in [0.15, 0.2) is 24.3 Å². The fourth-order valence-electron chi connectivity index (χ4n) is 2.87. The van der Waals surface area contributed by atoms with Gasteiger partial charge in [-0.3, -0.25) is 9.69 Å². The maximum absolute atomic E-state index is 12.3. The van der Waals surface area contributed by atoms with Crippen LogP contribution in [-0.4, -0.2) is 56.2 Å². The van der Waals surface area contributed by atoms with Gasteiger partial charge >= 0.3 is 0 Å². The molecule has 0 spiro atoms. The number of nitrogens with one attached hydrogen (secondary N) is 1. The second-order valence-corrected chi connectivity index (χ2v) is 6.95. The largest absolute Gasteiger partial charge is 0.495 e. The zero-order valence-corrected chi connectivity index (χ0v) is 15.6. The third kappa shape index (κ3) is 4.64. The summed E-state index contributed by atoms with van der Waals surface area (Å²) in [5.41, 5.74) is 0.266. The predicted octanol–water partition coefficient (Wildman–Crippen LogP) is 1.87. The molecule has 25 heavy (non-hydrogen) atoms. The number of para-hydroxylation sites is 2. The first-order valence-electron chi connectivity index (χ1n) is 8.72. The maximum atomic E-state index is 12.3. The van der Waals surface area contributed by atoms with Gasteiger partial charge in [0.25, 0.3) is 0 Å². The molecule has 1 aliphatic heterocycles. The first kappa shape index (κ1) is 19.1. The molecule has 136 valence electrons. The number of benzene rings is 1. The van der Waals surface area contributed by atoms with E-state index in [0.717, 1.165) is 37.6 Å². The van der Waals surface area contributed by atoms with Crippen LogP contribution in [0.5, 0.6) is 5.75 Å². The molecule has 1 N–H and O–H groups in total. The van der Waals surface area contributed by atoms with Crippen molar-refractivity contribution in [1.29, 1.82) is 5.26 Å². The number of amides is 1. The van der Waals surface area contributed by atoms with E-state index in [-0.39, 0.29) is 11.8 Å². The van der Waals surface area contributed by atoms with Gasteiger partial charge in [0.15, 0.2) is 0 Å². The van der Waals surface area contributed by atoms with E-state index in [4.69, 9.17) is 4.74 Å². The van der Waals surface area contributed by atoms with Gasteiger partial charge in [0.2, 0.25) is 5.91 Å². The number of piperazine rings is 1. The number of anilines is 1. The van der Waals surface area contributed by atoms with Crippen molar-refractivity contribution in [3.8, 4) is 11.8 Å². The first-order chi connectivity index (χ1) is 11.9.